The van der Waals surface area contributed by atoms with Crippen molar-refractivity contribution in [2.24, 2.45) is 0 Å². The van der Waals surface area contributed by atoms with Crippen molar-refractivity contribution in [3.8, 4) is 0 Å². The first kappa shape index (κ1) is 11.3. The summed E-state index contributed by atoms with van der Waals surface area (Å²) in [5.41, 5.74) is 2.80. The van der Waals surface area contributed by atoms with Crippen molar-refractivity contribution in [1.29, 1.82) is 0 Å². The van der Waals surface area contributed by atoms with E-state index in [1.54, 1.807) is 5.54 Å². The van der Waals surface area contributed by atoms with Gasteiger partial charge >= 0.3 is 0 Å². The van der Waals surface area contributed by atoms with Crippen molar-refractivity contribution in [3.05, 3.63) is 11.1 Å². The Morgan fingerprint density at radius 2 is 2.36 bits per heavy atom. The third kappa shape index (κ3) is 6.73. The van der Waals surface area contributed by atoms with Gasteiger partial charge in [-0.2, -0.15) is 11.8 Å². The summed E-state index contributed by atoms with van der Waals surface area (Å²) in [6.45, 7) is 5.09. The quantitative estimate of drug-likeness (QED) is 0.720. The molecule has 0 heterocycles. The molecule has 66 valence electrons. The molecule has 0 saturated carbocycles. The molecule has 1 N–H and O–H groups in total. The number of nitrogens with one attached hydrogen (secondary N) is 1. The number of hydrogen-bond acceptors (Lipinski definition) is 2. The molecule has 0 bridgehead atoms. The van der Waals surface area contributed by atoms with Gasteiger partial charge in [-0.1, -0.05) is 11.6 Å². The standard InChI is InChI=1S/C8H16ClNS/c1-7(4-9)5-10-8(2)6-11-3/h4,8,10H,5-6H2,1-3H3. The van der Waals surface area contributed by atoms with E-state index in [0.29, 0.717) is 6.04 Å². The van der Waals surface area contributed by atoms with Crippen molar-refractivity contribution in [2.45, 2.75) is 19.9 Å². The minimum absolute atomic E-state index is 0.566. The van der Waals surface area contributed by atoms with Crippen molar-refractivity contribution < 1.29 is 0 Å². The molecule has 0 aromatic rings. The highest BCUT2D eigenvalue weighted by molar-refractivity contribution is 7.98. The summed E-state index contributed by atoms with van der Waals surface area (Å²) in [7, 11) is 0. The van der Waals surface area contributed by atoms with Crippen LogP contribution in [0.25, 0.3) is 0 Å². The van der Waals surface area contributed by atoms with Crippen LogP contribution in [0.5, 0.6) is 0 Å². The molecule has 1 unspecified atom stereocenters. The van der Waals surface area contributed by atoms with Gasteiger partial charge in [-0.05, 0) is 25.7 Å². The maximum Gasteiger partial charge on any atom is 0.0176 e. The maximum absolute atomic E-state index is 5.51. The van der Waals surface area contributed by atoms with Crippen LogP contribution < -0.4 is 5.32 Å². The van der Waals surface area contributed by atoms with Gasteiger partial charge in [0, 0.05) is 23.9 Å². The topological polar surface area (TPSA) is 12.0 Å². The number of rotatable bonds is 5. The van der Waals surface area contributed by atoms with Gasteiger partial charge in [0.25, 0.3) is 0 Å². The third-order valence-electron chi connectivity index (χ3n) is 1.33. The predicted molar refractivity (Wildman–Crippen MR) is 55.5 cm³/mol. The van der Waals surface area contributed by atoms with Crippen LogP contribution >= 0.6 is 23.4 Å². The summed E-state index contributed by atoms with van der Waals surface area (Å²) in [6, 6.07) is 0.566. The van der Waals surface area contributed by atoms with Crippen LogP contribution in [0, 0.1) is 0 Å². The van der Waals surface area contributed by atoms with Crippen LogP contribution in [0.15, 0.2) is 11.1 Å². The van der Waals surface area contributed by atoms with Gasteiger partial charge in [0.2, 0.25) is 0 Å². The van der Waals surface area contributed by atoms with E-state index in [9.17, 15) is 0 Å². The fourth-order valence-electron chi connectivity index (χ4n) is 0.683. The minimum Gasteiger partial charge on any atom is -0.310 e. The number of hydrogen-bond donors (Lipinski definition) is 1. The lowest BCUT2D eigenvalue weighted by Crippen LogP contribution is -2.29. The highest BCUT2D eigenvalue weighted by atomic mass is 35.5. The van der Waals surface area contributed by atoms with Gasteiger partial charge in [0.15, 0.2) is 0 Å². The molecule has 0 aliphatic heterocycles. The molecule has 3 heteroatoms. The van der Waals surface area contributed by atoms with Gasteiger partial charge in [0.05, 0.1) is 0 Å². The van der Waals surface area contributed by atoms with Gasteiger partial charge < -0.3 is 5.32 Å². The third-order valence-corrected chi connectivity index (χ3v) is 2.54. The Morgan fingerprint density at radius 3 is 2.82 bits per heavy atom. The highest BCUT2D eigenvalue weighted by Gasteiger charge is 1.98. The smallest absolute Gasteiger partial charge is 0.0176 e. The molecule has 0 amide bonds. The van der Waals surface area contributed by atoms with Crippen LogP contribution in [-0.4, -0.2) is 24.6 Å². The number of thioether (sulfide) groups is 1. The van der Waals surface area contributed by atoms with Crippen LogP contribution in [-0.2, 0) is 0 Å². The average molecular weight is 194 g/mol. The van der Waals surface area contributed by atoms with Crippen molar-refractivity contribution in [2.75, 3.05) is 18.6 Å². The average Bonchev–Trinajstić information content (AvgIpc) is 2.01. The molecule has 0 aromatic heterocycles. The molecule has 1 atom stereocenters. The van der Waals surface area contributed by atoms with Crippen LogP contribution in [0.4, 0.5) is 0 Å². The Kier molecular flexibility index (Phi) is 7.23. The van der Waals surface area contributed by atoms with Crippen molar-refractivity contribution >= 4 is 23.4 Å². The van der Waals surface area contributed by atoms with Gasteiger partial charge in [-0.15, -0.1) is 0 Å². The molecular weight excluding hydrogens is 178 g/mol. The van der Waals surface area contributed by atoms with Crippen LogP contribution in [0.1, 0.15) is 13.8 Å². The van der Waals surface area contributed by atoms with Gasteiger partial charge in [-0.3, -0.25) is 0 Å². The van der Waals surface area contributed by atoms with Gasteiger partial charge in [-0.25, -0.2) is 0 Å². The first-order chi connectivity index (χ1) is 5.20. The molecule has 11 heavy (non-hydrogen) atoms. The molecule has 1 nitrogen and oxygen atoms in total. The second-order valence-electron chi connectivity index (χ2n) is 2.69. The molecule has 0 saturated heterocycles. The summed E-state index contributed by atoms with van der Waals surface area (Å²) in [6.07, 6.45) is 2.11. The molecule has 0 spiro atoms. The Bertz CT molecular complexity index is 125. The Morgan fingerprint density at radius 1 is 1.73 bits per heavy atom. The second kappa shape index (κ2) is 7.01. The fourth-order valence-corrected chi connectivity index (χ4v) is 1.38. The lowest BCUT2D eigenvalue weighted by molar-refractivity contribution is 0.630. The first-order valence-corrected chi connectivity index (χ1v) is 5.52. The predicted octanol–water partition coefficient (Wildman–Crippen LogP) is 2.47. The molecule has 0 radical (unpaired) electrons. The normalized spacial score (nSPS) is 15.1. The summed E-state index contributed by atoms with van der Waals surface area (Å²) in [5, 5.41) is 3.36. The summed E-state index contributed by atoms with van der Waals surface area (Å²) < 4.78 is 0. The van der Waals surface area contributed by atoms with E-state index in [1.165, 1.54) is 5.57 Å². The zero-order valence-corrected chi connectivity index (χ0v) is 8.93. The Labute approximate surface area is 78.6 Å². The lowest BCUT2D eigenvalue weighted by Gasteiger charge is -2.11. The molecule has 0 aliphatic rings. The largest absolute Gasteiger partial charge is 0.310 e. The summed E-state index contributed by atoms with van der Waals surface area (Å²) in [5.74, 6) is 1.15. The summed E-state index contributed by atoms with van der Waals surface area (Å²) >= 11 is 7.36. The zero-order chi connectivity index (χ0) is 8.69. The zero-order valence-electron chi connectivity index (χ0n) is 7.36. The van der Waals surface area contributed by atoms with Gasteiger partial charge in [0.1, 0.15) is 0 Å². The Hall–Kier alpha value is 0.340. The van der Waals surface area contributed by atoms with E-state index in [1.807, 2.05) is 18.7 Å². The minimum atomic E-state index is 0.566. The number of halogens is 1. The molecule has 0 aromatic carbocycles. The molecule has 0 fully saturated rings. The van der Waals surface area contributed by atoms with E-state index >= 15 is 0 Å². The SMILES string of the molecule is CSCC(C)NCC(C)=CCl. The van der Waals surface area contributed by atoms with Crippen molar-refractivity contribution in [1.82, 2.24) is 5.32 Å². The van der Waals surface area contributed by atoms with Crippen molar-refractivity contribution in [3.63, 3.8) is 0 Å². The van der Waals surface area contributed by atoms with E-state index in [2.05, 4.69) is 18.5 Å². The van der Waals surface area contributed by atoms with Crippen LogP contribution in [0.2, 0.25) is 0 Å². The second-order valence-corrected chi connectivity index (χ2v) is 3.82. The van der Waals surface area contributed by atoms with E-state index in [0.717, 1.165) is 12.3 Å². The molecular formula is C8H16ClNS. The maximum atomic E-state index is 5.51. The van der Waals surface area contributed by atoms with Crippen LogP contribution in [0.3, 0.4) is 0 Å². The first-order valence-electron chi connectivity index (χ1n) is 3.69. The fraction of sp³-hybridized carbons (Fsp3) is 0.750. The molecule has 0 rings (SSSR count). The van der Waals surface area contributed by atoms with E-state index < -0.39 is 0 Å². The summed E-state index contributed by atoms with van der Waals surface area (Å²) in [4.78, 5) is 0. The molecule has 0 aliphatic carbocycles. The highest BCUT2D eigenvalue weighted by Crippen LogP contribution is 1.98. The van der Waals surface area contributed by atoms with E-state index in [-0.39, 0.29) is 0 Å². The lowest BCUT2D eigenvalue weighted by atomic mass is 10.3. The monoisotopic (exact) mass is 193 g/mol. The Balaban J connectivity index is 3.37. The van der Waals surface area contributed by atoms with E-state index in [4.69, 9.17) is 11.6 Å².